The molecule has 0 fully saturated rings. The Morgan fingerprint density at radius 3 is 2.16 bits per heavy atom. The van der Waals surface area contributed by atoms with Crippen molar-refractivity contribution >= 4 is 11.6 Å². The van der Waals surface area contributed by atoms with Crippen molar-refractivity contribution in [3.8, 4) is 0 Å². The summed E-state index contributed by atoms with van der Waals surface area (Å²) < 4.78 is 5.68. The van der Waals surface area contributed by atoms with Crippen molar-refractivity contribution < 1.29 is 4.74 Å². The number of anilines is 2. The van der Waals surface area contributed by atoms with Crippen LogP contribution in [0.2, 0.25) is 0 Å². The molecule has 0 saturated heterocycles. The lowest BCUT2D eigenvalue weighted by molar-refractivity contribution is 0.000632. The molecule has 0 unspecified atom stereocenters. The van der Waals surface area contributed by atoms with Gasteiger partial charge in [0.25, 0.3) is 0 Å². The fraction of sp³-hybridized carbons (Fsp3) is 0.714. The van der Waals surface area contributed by atoms with Crippen LogP contribution in [0.3, 0.4) is 0 Å². The molecule has 1 aromatic heterocycles. The molecule has 1 heterocycles. The van der Waals surface area contributed by atoms with Crippen LogP contribution >= 0.6 is 0 Å². The molecular formula is C14H26N4O. The summed E-state index contributed by atoms with van der Waals surface area (Å²) in [5.41, 5.74) is 0.832. The van der Waals surface area contributed by atoms with Gasteiger partial charge in [-0.05, 0) is 41.5 Å². The van der Waals surface area contributed by atoms with Gasteiger partial charge >= 0.3 is 0 Å². The minimum absolute atomic E-state index is 0.210. The van der Waals surface area contributed by atoms with Crippen LogP contribution in [0.25, 0.3) is 0 Å². The molecule has 5 heteroatoms. The smallest absolute Gasteiger partial charge is 0.134 e. The summed E-state index contributed by atoms with van der Waals surface area (Å²) in [6.07, 6.45) is 0. The Balaban J connectivity index is 2.83. The quantitative estimate of drug-likeness (QED) is 0.794. The molecule has 0 atom stereocenters. The maximum atomic E-state index is 5.68. The summed E-state index contributed by atoms with van der Waals surface area (Å²) in [5, 5.41) is 6.62. The first-order valence-corrected chi connectivity index (χ1v) is 6.86. The Morgan fingerprint density at radius 2 is 1.63 bits per heavy atom. The van der Waals surface area contributed by atoms with Crippen LogP contribution in [0.4, 0.5) is 11.6 Å². The minimum atomic E-state index is -0.210. The summed E-state index contributed by atoms with van der Waals surface area (Å²) in [4.78, 5) is 8.87. The van der Waals surface area contributed by atoms with Crippen LogP contribution in [0.15, 0.2) is 0 Å². The Bertz CT molecular complexity index is 418. The minimum Gasteiger partial charge on any atom is -0.374 e. The molecule has 108 valence electrons. The number of nitrogens with zero attached hydrogens (tertiary/aromatic N) is 2. The fourth-order valence-electron chi connectivity index (χ4n) is 1.88. The van der Waals surface area contributed by atoms with E-state index in [0.717, 1.165) is 29.6 Å². The molecule has 0 aliphatic carbocycles. The molecular weight excluding hydrogens is 240 g/mol. The van der Waals surface area contributed by atoms with E-state index in [4.69, 9.17) is 4.74 Å². The molecule has 2 N–H and O–H groups in total. The van der Waals surface area contributed by atoms with Gasteiger partial charge in [0.1, 0.15) is 17.5 Å². The molecule has 5 nitrogen and oxygen atoms in total. The fourth-order valence-corrected chi connectivity index (χ4v) is 1.88. The monoisotopic (exact) mass is 266 g/mol. The van der Waals surface area contributed by atoms with Crippen LogP contribution in [0.1, 0.15) is 39.1 Å². The third kappa shape index (κ3) is 4.67. The van der Waals surface area contributed by atoms with Crippen LogP contribution in [-0.4, -0.2) is 35.3 Å². The maximum Gasteiger partial charge on any atom is 0.134 e. The van der Waals surface area contributed by atoms with E-state index in [0.29, 0.717) is 13.2 Å². The third-order valence-electron chi connectivity index (χ3n) is 2.82. The number of rotatable bonds is 7. The maximum absolute atomic E-state index is 5.68. The number of hydrogen-bond donors (Lipinski definition) is 2. The standard InChI is InChI=1S/C14H26N4O/c1-7-15-12-10(3)13(18-11(4)17-12)16-9-14(5,6)19-8-2/h7-9H2,1-6H3,(H2,15,16,17,18). The summed E-state index contributed by atoms with van der Waals surface area (Å²) in [6, 6.07) is 0. The SMILES string of the molecule is CCNc1nc(C)nc(NCC(C)(C)OCC)c1C. The number of nitrogens with one attached hydrogen (secondary N) is 2. The largest absolute Gasteiger partial charge is 0.374 e. The predicted octanol–water partition coefficient (Wildman–Crippen LogP) is 2.75. The van der Waals surface area contributed by atoms with Crippen molar-refractivity contribution in [2.24, 2.45) is 0 Å². The van der Waals surface area contributed by atoms with E-state index in [9.17, 15) is 0 Å². The van der Waals surface area contributed by atoms with E-state index >= 15 is 0 Å². The third-order valence-corrected chi connectivity index (χ3v) is 2.82. The van der Waals surface area contributed by atoms with Gasteiger partial charge in [0.15, 0.2) is 0 Å². The lowest BCUT2D eigenvalue weighted by Gasteiger charge is -2.26. The van der Waals surface area contributed by atoms with Crippen molar-refractivity contribution in [1.82, 2.24) is 9.97 Å². The van der Waals surface area contributed by atoms with Gasteiger partial charge < -0.3 is 15.4 Å². The van der Waals surface area contributed by atoms with Gasteiger partial charge in [-0.25, -0.2) is 9.97 Å². The molecule has 0 radical (unpaired) electrons. The lowest BCUT2D eigenvalue weighted by Crippen LogP contribution is -2.34. The Morgan fingerprint density at radius 1 is 1.05 bits per heavy atom. The highest BCUT2D eigenvalue weighted by atomic mass is 16.5. The van der Waals surface area contributed by atoms with Crippen LogP contribution < -0.4 is 10.6 Å². The topological polar surface area (TPSA) is 59.1 Å². The molecule has 0 aliphatic heterocycles. The second-order valence-electron chi connectivity index (χ2n) is 5.17. The summed E-state index contributed by atoms with van der Waals surface area (Å²) in [5.74, 6) is 2.53. The van der Waals surface area contributed by atoms with Crippen molar-refractivity contribution in [2.45, 2.75) is 47.1 Å². The van der Waals surface area contributed by atoms with E-state index < -0.39 is 0 Å². The number of ether oxygens (including phenoxy) is 1. The molecule has 0 spiro atoms. The highest BCUT2D eigenvalue weighted by molar-refractivity contribution is 5.57. The summed E-state index contributed by atoms with van der Waals surface area (Å²) in [7, 11) is 0. The average molecular weight is 266 g/mol. The number of aryl methyl sites for hydroxylation is 1. The first-order chi connectivity index (χ1) is 8.89. The predicted molar refractivity (Wildman–Crippen MR) is 79.9 cm³/mol. The van der Waals surface area contributed by atoms with E-state index in [-0.39, 0.29) is 5.60 Å². The second-order valence-corrected chi connectivity index (χ2v) is 5.17. The van der Waals surface area contributed by atoms with E-state index in [2.05, 4.69) is 41.4 Å². The number of aromatic nitrogens is 2. The molecule has 0 aliphatic rings. The molecule has 0 aromatic carbocycles. The highest BCUT2D eigenvalue weighted by Gasteiger charge is 2.18. The van der Waals surface area contributed by atoms with Crippen molar-refractivity contribution in [1.29, 1.82) is 0 Å². The average Bonchev–Trinajstić information content (AvgIpc) is 2.32. The zero-order chi connectivity index (χ0) is 14.5. The molecule has 0 bridgehead atoms. The van der Waals surface area contributed by atoms with Gasteiger partial charge in [-0.3, -0.25) is 0 Å². The molecule has 19 heavy (non-hydrogen) atoms. The highest BCUT2D eigenvalue weighted by Crippen LogP contribution is 2.21. The van der Waals surface area contributed by atoms with Gasteiger partial charge in [0.05, 0.1) is 5.60 Å². The first kappa shape index (κ1) is 15.7. The first-order valence-electron chi connectivity index (χ1n) is 6.86. The van der Waals surface area contributed by atoms with Crippen LogP contribution in [0, 0.1) is 13.8 Å². The van der Waals surface area contributed by atoms with E-state index in [1.165, 1.54) is 0 Å². The van der Waals surface area contributed by atoms with E-state index in [1.54, 1.807) is 0 Å². The zero-order valence-electron chi connectivity index (χ0n) is 12.9. The van der Waals surface area contributed by atoms with Gasteiger partial charge in [-0.2, -0.15) is 0 Å². The van der Waals surface area contributed by atoms with Crippen LogP contribution in [0.5, 0.6) is 0 Å². The summed E-state index contributed by atoms with van der Waals surface area (Å²) >= 11 is 0. The van der Waals surface area contributed by atoms with Gasteiger partial charge in [-0.15, -0.1) is 0 Å². The van der Waals surface area contributed by atoms with Crippen molar-refractivity contribution in [2.75, 3.05) is 30.3 Å². The zero-order valence-corrected chi connectivity index (χ0v) is 12.9. The Hall–Kier alpha value is -1.36. The van der Waals surface area contributed by atoms with Crippen molar-refractivity contribution in [3.05, 3.63) is 11.4 Å². The normalized spacial score (nSPS) is 11.5. The molecule has 1 aromatic rings. The van der Waals surface area contributed by atoms with Gasteiger partial charge in [0.2, 0.25) is 0 Å². The van der Waals surface area contributed by atoms with E-state index in [1.807, 2.05) is 20.8 Å². The van der Waals surface area contributed by atoms with Gasteiger partial charge in [-0.1, -0.05) is 0 Å². The molecule has 0 saturated carbocycles. The molecule has 1 rings (SSSR count). The van der Waals surface area contributed by atoms with Gasteiger partial charge in [0, 0.05) is 25.3 Å². The number of hydrogen-bond acceptors (Lipinski definition) is 5. The lowest BCUT2D eigenvalue weighted by atomic mass is 10.1. The second kappa shape index (κ2) is 6.70. The van der Waals surface area contributed by atoms with Crippen molar-refractivity contribution in [3.63, 3.8) is 0 Å². The van der Waals surface area contributed by atoms with Crippen LogP contribution in [-0.2, 0) is 4.74 Å². The Labute approximate surface area is 116 Å². The summed E-state index contributed by atoms with van der Waals surface area (Å²) in [6.45, 7) is 14.4. The molecule has 0 amide bonds. The Kier molecular flexibility index (Phi) is 5.54.